The Morgan fingerprint density at radius 1 is 0.969 bits per heavy atom. The quantitative estimate of drug-likeness (QED) is 0.481. The normalized spacial score (nSPS) is 14.6. The Morgan fingerprint density at radius 2 is 1.81 bits per heavy atom. The summed E-state index contributed by atoms with van der Waals surface area (Å²) in [6.07, 6.45) is 2.58. The van der Waals surface area contributed by atoms with Crippen LogP contribution in [0.25, 0.3) is 10.1 Å². The average Bonchev–Trinajstić information content (AvgIpc) is 3.28. The van der Waals surface area contributed by atoms with E-state index in [9.17, 15) is 4.79 Å². The first kappa shape index (κ1) is 20.6. The molecule has 0 bridgehead atoms. The topological polar surface area (TPSA) is 61.4 Å². The average molecular weight is 444 g/mol. The van der Waals surface area contributed by atoms with E-state index in [-0.39, 0.29) is 5.91 Å². The summed E-state index contributed by atoms with van der Waals surface area (Å²) >= 11 is 1.58. The van der Waals surface area contributed by atoms with Crippen LogP contribution in [0.4, 0.5) is 11.5 Å². The van der Waals surface area contributed by atoms with Gasteiger partial charge in [-0.15, -0.1) is 0 Å². The van der Waals surface area contributed by atoms with E-state index in [1.54, 1.807) is 29.9 Å². The first-order valence-corrected chi connectivity index (χ1v) is 11.7. The SMILES string of the molecule is O=C(Nc1cccc(CCN2CCN(c3nsc4ccccc34)CC2)c1)c1ccccn1. The van der Waals surface area contributed by atoms with E-state index in [0.717, 1.165) is 50.6 Å². The molecule has 32 heavy (non-hydrogen) atoms. The lowest BCUT2D eigenvalue weighted by Crippen LogP contribution is -2.47. The van der Waals surface area contributed by atoms with Gasteiger partial charge in [-0.3, -0.25) is 14.7 Å². The standard InChI is InChI=1S/C25H25N5OS/c31-25(22-9-3-4-12-26-22)27-20-7-5-6-19(18-20)11-13-29-14-16-30(17-15-29)24-21-8-1-2-10-23(21)32-28-24/h1-10,12,18H,11,13-17H2,(H,27,31). The number of nitrogens with one attached hydrogen (secondary N) is 1. The van der Waals surface area contributed by atoms with Crippen LogP contribution in [0.5, 0.6) is 0 Å². The van der Waals surface area contributed by atoms with Crippen LogP contribution >= 0.6 is 11.5 Å². The molecule has 2 aromatic heterocycles. The van der Waals surface area contributed by atoms with Crippen LogP contribution in [0.1, 0.15) is 16.1 Å². The van der Waals surface area contributed by atoms with Crippen molar-refractivity contribution >= 4 is 39.0 Å². The molecule has 0 unspecified atom stereocenters. The van der Waals surface area contributed by atoms with Gasteiger partial charge in [0.1, 0.15) is 11.5 Å². The van der Waals surface area contributed by atoms with Crippen molar-refractivity contribution in [3.8, 4) is 0 Å². The second kappa shape index (κ2) is 9.46. The smallest absolute Gasteiger partial charge is 0.274 e. The van der Waals surface area contributed by atoms with Crippen molar-refractivity contribution in [1.29, 1.82) is 0 Å². The fourth-order valence-corrected chi connectivity index (χ4v) is 4.86. The molecule has 0 spiro atoms. The molecule has 6 nitrogen and oxygen atoms in total. The molecule has 4 aromatic rings. The van der Waals surface area contributed by atoms with Crippen LogP contribution in [0.2, 0.25) is 0 Å². The van der Waals surface area contributed by atoms with E-state index in [1.165, 1.54) is 15.6 Å². The van der Waals surface area contributed by atoms with E-state index in [2.05, 4.69) is 56.5 Å². The van der Waals surface area contributed by atoms with Gasteiger partial charge in [0.25, 0.3) is 5.91 Å². The Kier molecular flexibility index (Phi) is 6.09. The Hall–Kier alpha value is -3.29. The minimum atomic E-state index is -0.187. The number of benzene rings is 2. The molecule has 2 aromatic carbocycles. The number of hydrogen-bond donors (Lipinski definition) is 1. The Bertz CT molecular complexity index is 1200. The molecule has 1 aliphatic heterocycles. The minimum Gasteiger partial charge on any atom is -0.353 e. The third-order valence-corrected chi connectivity index (χ3v) is 6.65. The van der Waals surface area contributed by atoms with Gasteiger partial charge in [-0.2, -0.15) is 4.37 Å². The molecule has 0 atom stereocenters. The van der Waals surface area contributed by atoms with Gasteiger partial charge in [-0.05, 0) is 59.9 Å². The van der Waals surface area contributed by atoms with E-state index in [1.807, 2.05) is 18.2 Å². The van der Waals surface area contributed by atoms with Crippen molar-refractivity contribution in [3.63, 3.8) is 0 Å². The number of piperazine rings is 1. The fraction of sp³-hybridized carbons (Fsp3) is 0.240. The van der Waals surface area contributed by atoms with Gasteiger partial charge in [0.05, 0.1) is 4.70 Å². The van der Waals surface area contributed by atoms with Crippen molar-refractivity contribution in [2.75, 3.05) is 42.9 Å². The molecule has 5 rings (SSSR count). The summed E-state index contributed by atoms with van der Waals surface area (Å²) in [4.78, 5) is 21.4. The van der Waals surface area contributed by atoms with Crippen molar-refractivity contribution in [3.05, 3.63) is 84.2 Å². The highest BCUT2D eigenvalue weighted by molar-refractivity contribution is 7.13. The van der Waals surface area contributed by atoms with Gasteiger partial charge in [0.15, 0.2) is 0 Å². The third-order valence-electron chi connectivity index (χ3n) is 5.83. The zero-order valence-electron chi connectivity index (χ0n) is 17.8. The lowest BCUT2D eigenvalue weighted by atomic mass is 10.1. The summed E-state index contributed by atoms with van der Waals surface area (Å²) in [6, 6.07) is 21.9. The van der Waals surface area contributed by atoms with E-state index in [4.69, 9.17) is 4.37 Å². The summed E-state index contributed by atoms with van der Waals surface area (Å²) in [7, 11) is 0. The van der Waals surface area contributed by atoms with E-state index < -0.39 is 0 Å². The largest absolute Gasteiger partial charge is 0.353 e. The number of nitrogens with zero attached hydrogens (tertiary/aromatic N) is 4. The minimum absolute atomic E-state index is 0.187. The number of anilines is 2. The molecule has 3 heterocycles. The highest BCUT2D eigenvalue weighted by Crippen LogP contribution is 2.29. The zero-order valence-corrected chi connectivity index (χ0v) is 18.6. The lowest BCUT2D eigenvalue weighted by molar-refractivity contribution is 0.102. The van der Waals surface area contributed by atoms with E-state index >= 15 is 0 Å². The van der Waals surface area contributed by atoms with Gasteiger partial charge in [-0.1, -0.05) is 30.3 Å². The van der Waals surface area contributed by atoms with E-state index in [0.29, 0.717) is 5.69 Å². The summed E-state index contributed by atoms with van der Waals surface area (Å²) < 4.78 is 5.95. The maximum atomic E-state index is 12.3. The molecular weight excluding hydrogens is 418 g/mol. The maximum absolute atomic E-state index is 12.3. The van der Waals surface area contributed by atoms with Gasteiger partial charge >= 0.3 is 0 Å². The van der Waals surface area contributed by atoms with Crippen LogP contribution in [-0.4, -0.2) is 52.9 Å². The number of aromatic nitrogens is 2. The molecule has 1 N–H and O–H groups in total. The summed E-state index contributed by atoms with van der Waals surface area (Å²) in [5, 5.41) is 4.20. The number of amides is 1. The first-order valence-electron chi connectivity index (χ1n) is 10.9. The Morgan fingerprint density at radius 3 is 2.66 bits per heavy atom. The summed E-state index contributed by atoms with van der Waals surface area (Å²) in [5.74, 6) is 0.940. The number of pyridine rings is 1. The number of hydrogen-bond acceptors (Lipinski definition) is 6. The highest BCUT2D eigenvalue weighted by atomic mass is 32.1. The summed E-state index contributed by atoms with van der Waals surface area (Å²) in [6.45, 7) is 5.05. The second-order valence-corrected chi connectivity index (χ2v) is 8.76. The number of fused-ring (bicyclic) bond motifs is 1. The Balaban J connectivity index is 1.14. The fourth-order valence-electron chi connectivity index (χ4n) is 4.07. The van der Waals surface area contributed by atoms with Crippen LogP contribution in [0, 0.1) is 0 Å². The van der Waals surface area contributed by atoms with Crippen LogP contribution in [0.15, 0.2) is 72.9 Å². The molecule has 1 amide bonds. The molecule has 1 saturated heterocycles. The van der Waals surface area contributed by atoms with Gasteiger partial charge in [0.2, 0.25) is 0 Å². The van der Waals surface area contributed by atoms with Crippen LogP contribution in [-0.2, 0) is 6.42 Å². The molecule has 162 valence electrons. The van der Waals surface area contributed by atoms with Gasteiger partial charge < -0.3 is 10.2 Å². The predicted octanol–water partition coefficient (Wildman–Crippen LogP) is 4.31. The maximum Gasteiger partial charge on any atom is 0.274 e. The van der Waals surface area contributed by atoms with Crippen LogP contribution in [0.3, 0.4) is 0 Å². The summed E-state index contributed by atoms with van der Waals surface area (Å²) in [5.41, 5.74) is 2.44. The van der Waals surface area contributed by atoms with Gasteiger partial charge in [0, 0.05) is 50.0 Å². The van der Waals surface area contributed by atoms with Crippen molar-refractivity contribution in [2.24, 2.45) is 0 Å². The molecule has 1 fully saturated rings. The predicted molar refractivity (Wildman–Crippen MR) is 131 cm³/mol. The second-order valence-electron chi connectivity index (χ2n) is 7.95. The van der Waals surface area contributed by atoms with Crippen molar-refractivity contribution in [2.45, 2.75) is 6.42 Å². The van der Waals surface area contributed by atoms with Crippen molar-refractivity contribution in [1.82, 2.24) is 14.3 Å². The lowest BCUT2D eigenvalue weighted by Gasteiger charge is -2.35. The number of carbonyl (C=O) groups is 1. The zero-order chi connectivity index (χ0) is 21.8. The first-order chi connectivity index (χ1) is 15.8. The molecule has 0 aliphatic carbocycles. The molecule has 1 aliphatic rings. The van der Waals surface area contributed by atoms with Crippen molar-refractivity contribution < 1.29 is 4.79 Å². The van der Waals surface area contributed by atoms with Gasteiger partial charge in [-0.25, -0.2) is 0 Å². The molecular formula is C25H25N5OS. The molecule has 0 radical (unpaired) electrons. The number of rotatable bonds is 6. The molecule has 0 saturated carbocycles. The number of carbonyl (C=O) groups excluding carboxylic acids is 1. The third kappa shape index (κ3) is 4.64. The molecule has 7 heteroatoms. The Labute approximate surface area is 191 Å². The monoisotopic (exact) mass is 443 g/mol. The van der Waals surface area contributed by atoms with Crippen LogP contribution < -0.4 is 10.2 Å². The highest BCUT2D eigenvalue weighted by Gasteiger charge is 2.20.